The van der Waals surface area contributed by atoms with E-state index in [0.29, 0.717) is 28.0 Å². The summed E-state index contributed by atoms with van der Waals surface area (Å²) in [5.41, 5.74) is 1.02. The first-order chi connectivity index (χ1) is 16.8. The predicted octanol–water partition coefficient (Wildman–Crippen LogP) is 4.08. The Kier molecular flexibility index (Phi) is 5.21. The molecule has 1 aliphatic heterocycles. The van der Waals surface area contributed by atoms with Crippen molar-refractivity contribution in [2.45, 2.75) is 19.4 Å². The lowest BCUT2D eigenvalue weighted by molar-refractivity contribution is -0.123. The standard InChI is InChI=1S/C27H21N3O5/c1-15-21(31)19-12-7-13-20(23(19)35-22(15)16-8-4-3-5-9-16)24(32)28-18-11-6-10-17(14-18)27(2)25(33)29-26(34)30-27/h3-14H,1-2H3,(H,28,32)(H2,29,30,33,34)/t27-/m0/s1. The molecule has 4 amide bonds. The highest BCUT2D eigenvalue weighted by Crippen LogP contribution is 2.29. The lowest BCUT2D eigenvalue weighted by Crippen LogP contribution is -2.40. The Morgan fingerprint density at radius 1 is 0.943 bits per heavy atom. The normalized spacial score (nSPS) is 17.2. The highest BCUT2D eigenvalue weighted by atomic mass is 16.3. The molecule has 1 aromatic heterocycles. The molecular weight excluding hydrogens is 446 g/mol. The molecule has 8 heteroatoms. The Labute approximate surface area is 200 Å². The predicted molar refractivity (Wildman–Crippen MR) is 131 cm³/mol. The highest BCUT2D eigenvalue weighted by Gasteiger charge is 2.43. The minimum Gasteiger partial charge on any atom is -0.455 e. The summed E-state index contributed by atoms with van der Waals surface area (Å²) in [4.78, 5) is 50.3. The Hall–Kier alpha value is -4.72. The van der Waals surface area contributed by atoms with E-state index in [2.05, 4.69) is 16.0 Å². The van der Waals surface area contributed by atoms with E-state index < -0.39 is 23.4 Å². The number of rotatable bonds is 4. The van der Waals surface area contributed by atoms with Crippen LogP contribution in [0.2, 0.25) is 0 Å². The Morgan fingerprint density at radius 3 is 2.40 bits per heavy atom. The monoisotopic (exact) mass is 467 g/mol. The smallest absolute Gasteiger partial charge is 0.322 e. The van der Waals surface area contributed by atoms with Crippen LogP contribution in [0.5, 0.6) is 0 Å². The van der Waals surface area contributed by atoms with Gasteiger partial charge >= 0.3 is 6.03 Å². The SMILES string of the molecule is Cc1c(-c2ccccc2)oc2c(C(=O)Nc3cccc([C@]4(C)NC(=O)NC4=O)c3)cccc2c1=O. The van der Waals surface area contributed by atoms with Crippen molar-refractivity contribution < 1.29 is 18.8 Å². The van der Waals surface area contributed by atoms with Crippen LogP contribution in [0.15, 0.2) is 82.0 Å². The summed E-state index contributed by atoms with van der Waals surface area (Å²) in [6, 6.07) is 20.1. The zero-order chi connectivity index (χ0) is 24.7. The largest absolute Gasteiger partial charge is 0.455 e. The number of carbonyl (C=O) groups excluding carboxylic acids is 3. The molecule has 1 saturated heterocycles. The average Bonchev–Trinajstić information content (AvgIpc) is 3.13. The summed E-state index contributed by atoms with van der Waals surface area (Å²) < 4.78 is 6.14. The highest BCUT2D eigenvalue weighted by molar-refractivity contribution is 6.12. The molecule has 3 aromatic carbocycles. The van der Waals surface area contributed by atoms with Crippen LogP contribution in [-0.4, -0.2) is 17.8 Å². The zero-order valence-corrected chi connectivity index (χ0v) is 19.0. The molecule has 1 atom stereocenters. The van der Waals surface area contributed by atoms with Gasteiger partial charge in [0.25, 0.3) is 11.8 Å². The van der Waals surface area contributed by atoms with Crippen molar-refractivity contribution in [1.29, 1.82) is 0 Å². The second-order valence-electron chi connectivity index (χ2n) is 8.50. The summed E-state index contributed by atoms with van der Waals surface area (Å²) in [6.45, 7) is 3.28. The van der Waals surface area contributed by atoms with Crippen molar-refractivity contribution >= 4 is 34.5 Å². The fraction of sp³-hybridized carbons (Fsp3) is 0.111. The molecule has 1 aliphatic rings. The van der Waals surface area contributed by atoms with Crippen molar-refractivity contribution in [2.24, 2.45) is 0 Å². The first kappa shape index (κ1) is 22.1. The molecular formula is C27H21N3O5. The van der Waals surface area contributed by atoms with Crippen LogP contribution in [-0.2, 0) is 10.3 Å². The summed E-state index contributed by atoms with van der Waals surface area (Å²) in [6.07, 6.45) is 0. The van der Waals surface area contributed by atoms with Crippen molar-refractivity contribution in [2.75, 3.05) is 5.32 Å². The van der Waals surface area contributed by atoms with E-state index >= 15 is 0 Å². The number of imide groups is 1. The molecule has 2 heterocycles. The van der Waals surface area contributed by atoms with Gasteiger partial charge in [-0.15, -0.1) is 0 Å². The fourth-order valence-corrected chi connectivity index (χ4v) is 4.21. The molecule has 174 valence electrons. The van der Waals surface area contributed by atoms with E-state index in [9.17, 15) is 19.2 Å². The number of hydrogen-bond donors (Lipinski definition) is 3. The molecule has 0 spiro atoms. The number of para-hydroxylation sites is 1. The average molecular weight is 467 g/mol. The van der Waals surface area contributed by atoms with Gasteiger partial charge in [-0.1, -0.05) is 48.5 Å². The van der Waals surface area contributed by atoms with Gasteiger partial charge in [-0.2, -0.15) is 0 Å². The van der Waals surface area contributed by atoms with E-state index in [-0.39, 0.29) is 16.6 Å². The van der Waals surface area contributed by atoms with Crippen molar-refractivity contribution in [1.82, 2.24) is 10.6 Å². The van der Waals surface area contributed by atoms with Crippen LogP contribution in [0.1, 0.15) is 28.4 Å². The van der Waals surface area contributed by atoms with E-state index in [1.54, 1.807) is 56.3 Å². The van der Waals surface area contributed by atoms with Crippen molar-refractivity contribution in [3.05, 3.63) is 99.7 Å². The number of fused-ring (bicyclic) bond motifs is 1. The molecule has 35 heavy (non-hydrogen) atoms. The number of benzene rings is 3. The second kappa shape index (κ2) is 8.25. The lowest BCUT2D eigenvalue weighted by Gasteiger charge is -2.21. The van der Waals surface area contributed by atoms with E-state index in [1.807, 2.05) is 30.3 Å². The quantitative estimate of drug-likeness (QED) is 0.391. The summed E-state index contributed by atoms with van der Waals surface area (Å²) in [7, 11) is 0. The van der Waals surface area contributed by atoms with Gasteiger partial charge in [0, 0.05) is 16.8 Å². The molecule has 0 unspecified atom stereocenters. The molecule has 0 bridgehead atoms. The molecule has 8 nitrogen and oxygen atoms in total. The Balaban J connectivity index is 1.54. The van der Waals surface area contributed by atoms with Gasteiger partial charge in [0.2, 0.25) is 0 Å². The Morgan fingerprint density at radius 2 is 1.69 bits per heavy atom. The molecule has 5 rings (SSSR count). The third-order valence-corrected chi connectivity index (χ3v) is 6.17. The van der Waals surface area contributed by atoms with Crippen LogP contribution in [0.25, 0.3) is 22.3 Å². The van der Waals surface area contributed by atoms with Crippen LogP contribution in [0.4, 0.5) is 10.5 Å². The first-order valence-corrected chi connectivity index (χ1v) is 11.0. The van der Waals surface area contributed by atoms with Crippen LogP contribution < -0.4 is 21.4 Å². The van der Waals surface area contributed by atoms with E-state index in [1.165, 1.54) is 0 Å². The van der Waals surface area contributed by atoms with Gasteiger partial charge in [-0.25, -0.2) is 4.79 Å². The van der Waals surface area contributed by atoms with Crippen molar-refractivity contribution in [3.63, 3.8) is 0 Å². The Bertz CT molecular complexity index is 1580. The maximum absolute atomic E-state index is 13.3. The van der Waals surface area contributed by atoms with Gasteiger partial charge in [0.15, 0.2) is 11.0 Å². The van der Waals surface area contributed by atoms with Gasteiger partial charge in [0.05, 0.1) is 10.9 Å². The topological polar surface area (TPSA) is 118 Å². The number of anilines is 1. The van der Waals surface area contributed by atoms with Gasteiger partial charge < -0.3 is 15.1 Å². The number of urea groups is 1. The summed E-state index contributed by atoms with van der Waals surface area (Å²) in [5.74, 6) is -0.560. The third-order valence-electron chi connectivity index (χ3n) is 6.17. The molecule has 0 radical (unpaired) electrons. The van der Waals surface area contributed by atoms with Crippen LogP contribution in [0, 0.1) is 6.92 Å². The molecule has 0 aliphatic carbocycles. The number of carbonyl (C=O) groups is 3. The van der Waals surface area contributed by atoms with Gasteiger partial charge in [-0.3, -0.25) is 19.7 Å². The van der Waals surface area contributed by atoms with E-state index in [4.69, 9.17) is 4.42 Å². The van der Waals surface area contributed by atoms with Gasteiger partial charge in [-0.05, 0) is 43.7 Å². The molecule has 3 N–H and O–H groups in total. The fourth-order valence-electron chi connectivity index (χ4n) is 4.21. The summed E-state index contributed by atoms with van der Waals surface area (Å²) in [5, 5.41) is 7.94. The minimum atomic E-state index is -1.26. The summed E-state index contributed by atoms with van der Waals surface area (Å²) >= 11 is 0. The zero-order valence-electron chi connectivity index (χ0n) is 19.0. The molecule has 4 aromatic rings. The second-order valence-corrected chi connectivity index (χ2v) is 8.50. The third kappa shape index (κ3) is 3.74. The van der Waals surface area contributed by atoms with Crippen molar-refractivity contribution in [3.8, 4) is 11.3 Å². The van der Waals surface area contributed by atoms with Crippen LogP contribution >= 0.6 is 0 Å². The first-order valence-electron chi connectivity index (χ1n) is 11.0. The van der Waals surface area contributed by atoms with Crippen LogP contribution in [0.3, 0.4) is 0 Å². The van der Waals surface area contributed by atoms with E-state index in [0.717, 1.165) is 5.56 Å². The minimum absolute atomic E-state index is 0.185. The maximum Gasteiger partial charge on any atom is 0.322 e. The number of nitrogens with one attached hydrogen (secondary N) is 3. The van der Waals surface area contributed by atoms with Gasteiger partial charge in [0.1, 0.15) is 11.3 Å². The number of hydrogen-bond acceptors (Lipinski definition) is 5. The maximum atomic E-state index is 13.3. The lowest BCUT2D eigenvalue weighted by atomic mass is 9.92. The molecule has 1 fully saturated rings. The molecule has 0 saturated carbocycles. The number of amides is 4.